The lowest BCUT2D eigenvalue weighted by atomic mass is 10.1. The second-order valence-corrected chi connectivity index (χ2v) is 3.49. The molecule has 0 bridgehead atoms. The smallest absolute Gasteiger partial charge is 0.257 e. The molecule has 0 N–H and O–H groups in total. The molecule has 1 aliphatic heterocycles. The van der Waals surface area contributed by atoms with Gasteiger partial charge in [0.15, 0.2) is 0 Å². The first kappa shape index (κ1) is 9.90. The van der Waals surface area contributed by atoms with Gasteiger partial charge in [-0.05, 0) is 18.6 Å². The Bertz CT molecular complexity index is 400. The lowest BCUT2D eigenvalue weighted by molar-refractivity contribution is 0.0766. The Morgan fingerprint density at radius 3 is 2.73 bits per heavy atom. The Kier molecular flexibility index (Phi) is 2.81. The molecule has 0 atom stereocenters. The summed E-state index contributed by atoms with van der Waals surface area (Å²) in [5, 5.41) is 0. The number of carbonyl (C=O) groups is 1. The molecule has 0 saturated carbocycles. The summed E-state index contributed by atoms with van der Waals surface area (Å²) < 4.78 is 13.3. The quantitative estimate of drug-likeness (QED) is 0.644. The Hall–Kier alpha value is -1.64. The minimum absolute atomic E-state index is 0.160. The predicted molar refractivity (Wildman–Crippen MR) is 56.1 cm³/mol. The van der Waals surface area contributed by atoms with Crippen LogP contribution in [-0.2, 0) is 0 Å². The van der Waals surface area contributed by atoms with Gasteiger partial charge in [0.05, 0.1) is 5.56 Å². The number of nitrogens with zero attached hydrogens (tertiary/aromatic N) is 1. The van der Waals surface area contributed by atoms with Gasteiger partial charge in [0.2, 0.25) is 0 Å². The Balaban J connectivity index is 2.20. The standard InChI is InChI=1S/C12H12FNO/c13-11-7-3-2-6-10(11)12(15)14-8-4-1-5-9-14/h1-4,6-7H,5,8-9H2. The predicted octanol–water partition coefficient (Wildman–Crippen LogP) is 2.23. The summed E-state index contributed by atoms with van der Waals surface area (Å²) in [5.74, 6) is -0.672. The molecule has 1 amide bonds. The number of benzene rings is 1. The molecule has 0 saturated heterocycles. The zero-order valence-electron chi connectivity index (χ0n) is 8.32. The summed E-state index contributed by atoms with van der Waals surface area (Å²) in [5.41, 5.74) is 0.160. The normalized spacial score (nSPS) is 15.4. The van der Waals surface area contributed by atoms with Gasteiger partial charge in [-0.25, -0.2) is 4.39 Å². The number of hydrogen-bond donors (Lipinski definition) is 0. The highest BCUT2D eigenvalue weighted by Gasteiger charge is 2.18. The van der Waals surface area contributed by atoms with Crippen molar-refractivity contribution in [3.63, 3.8) is 0 Å². The van der Waals surface area contributed by atoms with Crippen LogP contribution in [0.4, 0.5) is 4.39 Å². The molecule has 3 heteroatoms. The molecule has 0 aliphatic carbocycles. The largest absolute Gasteiger partial charge is 0.335 e. The van der Waals surface area contributed by atoms with Crippen molar-refractivity contribution < 1.29 is 9.18 Å². The molecule has 15 heavy (non-hydrogen) atoms. The van der Waals surface area contributed by atoms with E-state index in [-0.39, 0.29) is 11.5 Å². The summed E-state index contributed by atoms with van der Waals surface area (Å²) >= 11 is 0. The van der Waals surface area contributed by atoms with Crippen LogP contribution in [0.5, 0.6) is 0 Å². The molecule has 2 nitrogen and oxygen atoms in total. The van der Waals surface area contributed by atoms with Crippen LogP contribution in [-0.4, -0.2) is 23.9 Å². The van der Waals surface area contributed by atoms with Crippen molar-refractivity contribution in [3.8, 4) is 0 Å². The summed E-state index contributed by atoms with van der Waals surface area (Å²) in [7, 11) is 0. The van der Waals surface area contributed by atoms with Gasteiger partial charge in [-0.2, -0.15) is 0 Å². The average Bonchev–Trinajstić information content (AvgIpc) is 2.30. The number of rotatable bonds is 1. The maximum absolute atomic E-state index is 13.3. The zero-order chi connectivity index (χ0) is 10.7. The lowest BCUT2D eigenvalue weighted by Gasteiger charge is -2.23. The van der Waals surface area contributed by atoms with Crippen molar-refractivity contribution in [2.24, 2.45) is 0 Å². The molecule has 0 spiro atoms. The molecule has 2 rings (SSSR count). The van der Waals surface area contributed by atoms with E-state index in [4.69, 9.17) is 0 Å². The summed E-state index contributed by atoms with van der Waals surface area (Å²) in [6, 6.07) is 6.10. The van der Waals surface area contributed by atoms with E-state index in [2.05, 4.69) is 0 Å². The maximum atomic E-state index is 13.3. The van der Waals surface area contributed by atoms with Gasteiger partial charge in [0, 0.05) is 13.1 Å². The molecule has 0 aromatic heterocycles. The SMILES string of the molecule is O=C(c1ccccc1F)N1CC=CCC1. The first-order valence-electron chi connectivity index (χ1n) is 4.98. The van der Waals surface area contributed by atoms with E-state index in [9.17, 15) is 9.18 Å². The van der Waals surface area contributed by atoms with E-state index in [1.165, 1.54) is 12.1 Å². The highest BCUT2D eigenvalue weighted by Crippen LogP contribution is 2.12. The Labute approximate surface area is 88.0 Å². The molecule has 0 radical (unpaired) electrons. The van der Waals surface area contributed by atoms with E-state index in [0.29, 0.717) is 13.1 Å². The van der Waals surface area contributed by atoms with Crippen LogP contribution in [0.25, 0.3) is 0 Å². The first-order chi connectivity index (χ1) is 7.29. The van der Waals surface area contributed by atoms with Gasteiger partial charge in [0.25, 0.3) is 5.91 Å². The number of amides is 1. The van der Waals surface area contributed by atoms with Crippen LogP contribution in [0.1, 0.15) is 16.8 Å². The van der Waals surface area contributed by atoms with Gasteiger partial charge < -0.3 is 4.90 Å². The first-order valence-corrected chi connectivity index (χ1v) is 4.98. The van der Waals surface area contributed by atoms with E-state index in [1.54, 1.807) is 17.0 Å². The van der Waals surface area contributed by atoms with Crippen LogP contribution in [0.2, 0.25) is 0 Å². The third-order valence-electron chi connectivity index (χ3n) is 2.45. The van der Waals surface area contributed by atoms with E-state index in [1.807, 2.05) is 12.2 Å². The maximum Gasteiger partial charge on any atom is 0.257 e. The summed E-state index contributed by atoms with van der Waals surface area (Å²) in [6.07, 6.45) is 4.81. The Morgan fingerprint density at radius 1 is 1.27 bits per heavy atom. The minimum atomic E-state index is -0.447. The van der Waals surface area contributed by atoms with Crippen LogP contribution < -0.4 is 0 Å². The van der Waals surface area contributed by atoms with Crippen molar-refractivity contribution in [1.82, 2.24) is 4.90 Å². The van der Waals surface area contributed by atoms with E-state index in [0.717, 1.165) is 6.42 Å². The fourth-order valence-electron chi connectivity index (χ4n) is 1.63. The molecule has 1 aromatic carbocycles. The average molecular weight is 205 g/mol. The molecular formula is C12H12FNO. The molecule has 1 aromatic rings. The molecular weight excluding hydrogens is 193 g/mol. The van der Waals surface area contributed by atoms with Crippen molar-refractivity contribution in [2.45, 2.75) is 6.42 Å². The van der Waals surface area contributed by atoms with Gasteiger partial charge >= 0.3 is 0 Å². The van der Waals surface area contributed by atoms with E-state index >= 15 is 0 Å². The lowest BCUT2D eigenvalue weighted by Crippen LogP contribution is -2.34. The number of carbonyl (C=O) groups excluding carboxylic acids is 1. The zero-order valence-corrected chi connectivity index (χ0v) is 8.32. The highest BCUT2D eigenvalue weighted by atomic mass is 19.1. The van der Waals surface area contributed by atoms with E-state index < -0.39 is 5.82 Å². The van der Waals surface area contributed by atoms with Gasteiger partial charge in [-0.15, -0.1) is 0 Å². The summed E-state index contributed by atoms with van der Waals surface area (Å²) in [4.78, 5) is 13.5. The number of hydrogen-bond acceptors (Lipinski definition) is 1. The Morgan fingerprint density at radius 2 is 2.07 bits per heavy atom. The second-order valence-electron chi connectivity index (χ2n) is 3.49. The van der Waals surface area contributed by atoms with Crippen LogP contribution in [0.3, 0.4) is 0 Å². The minimum Gasteiger partial charge on any atom is -0.335 e. The summed E-state index contributed by atoms with van der Waals surface area (Å²) in [6.45, 7) is 1.25. The van der Waals surface area contributed by atoms with Crippen molar-refractivity contribution in [2.75, 3.05) is 13.1 Å². The second kappa shape index (κ2) is 4.26. The molecule has 1 heterocycles. The molecule has 0 unspecified atom stereocenters. The van der Waals surface area contributed by atoms with Crippen LogP contribution in [0.15, 0.2) is 36.4 Å². The van der Waals surface area contributed by atoms with Gasteiger partial charge in [-0.3, -0.25) is 4.79 Å². The van der Waals surface area contributed by atoms with Crippen molar-refractivity contribution >= 4 is 5.91 Å². The van der Waals surface area contributed by atoms with Crippen molar-refractivity contribution in [1.29, 1.82) is 0 Å². The van der Waals surface area contributed by atoms with Crippen LogP contribution in [0, 0.1) is 5.82 Å². The third kappa shape index (κ3) is 2.06. The fraction of sp³-hybridized carbons (Fsp3) is 0.250. The van der Waals surface area contributed by atoms with Crippen molar-refractivity contribution in [3.05, 3.63) is 47.8 Å². The third-order valence-corrected chi connectivity index (χ3v) is 2.45. The monoisotopic (exact) mass is 205 g/mol. The highest BCUT2D eigenvalue weighted by molar-refractivity contribution is 5.94. The molecule has 0 fully saturated rings. The molecule has 78 valence electrons. The molecule has 1 aliphatic rings. The van der Waals surface area contributed by atoms with Gasteiger partial charge in [-0.1, -0.05) is 24.3 Å². The van der Waals surface area contributed by atoms with Crippen LogP contribution >= 0.6 is 0 Å². The number of halogens is 1. The fourth-order valence-corrected chi connectivity index (χ4v) is 1.63. The van der Waals surface area contributed by atoms with Gasteiger partial charge in [0.1, 0.15) is 5.82 Å². The topological polar surface area (TPSA) is 20.3 Å².